The van der Waals surface area contributed by atoms with Gasteiger partial charge in [0.2, 0.25) is 0 Å². The largest absolute Gasteiger partial charge is 0.497 e. The summed E-state index contributed by atoms with van der Waals surface area (Å²) in [6.45, 7) is 0. The number of aryl methyl sites for hydroxylation is 1. The molecule has 0 radical (unpaired) electrons. The van der Waals surface area contributed by atoms with Crippen LogP contribution in [-0.4, -0.2) is 18.8 Å². The van der Waals surface area contributed by atoms with E-state index in [1.807, 2.05) is 18.2 Å². The Balaban J connectivity index is 1.80. The van der Waals surface area contributed by atoms with Gasteiger partial charge in [0.1, 0.15) is 5.75 Å². The zero-order valence-corrected chi connectivity index (χ0v) is 14.5. The first-order chi connectivity index (χ1) is 11.6. The molecule has 2 aromatic carbocycles. The van der Waals surface area contributed by atoms with Crippen LogP contribution >= 0.6 is 23.2 Å². The van der Waals surface area contributed by atoms with Gasteiger partial charge in [-0.15, -0.1) is 0 Å². The molecule has 1 aliphatic carbocycles. The first-order valence-corrected chi connectivity index (χ1v) is 8.24. The highest BCUT2D eigenvalue weighted by atomic mass is 35.5. The van der Waals surface area contributed by atoms with E-state index in [0.29, 0.717) is 15.6 Å². The van der Waals surface area contributed by atoms with Crippen LogP contribution < -0.4 is 4.74 Å². The minimum atomic E-state index is -0.568. The maximum Gasteiger partial charge on any atom is 0.365 e. The third kappa shape index (κ3) is 3.55. The van der Waals surface area contributed by atoms with E-state index in [9.17, 15) is 4.79 Å². The van der Waals surface area contributed by atoms with Gasteiger partial charge in [0.05, 0.1) is 28.4 Å². The number of ether oxygens (including phenoxy) is 1. The van der Waals surface area contributed by atoms with E-state index < -0.39 is 5.97 Å². The van der Waals surface area contributed by atoms with Gasteiger partial charge in [0.25, 0.3) is 0 Å². The molecule has 0 saturated heterocycles. The molecule has 0 N–H and O–H groups in total. The summed E-state index contributed by atoms with van der Waals surface area (Å²) in [5, 5.41) is 4.74. The Morgan fingerprint density at radius 1 is 1.08 bits per heavy atom. The normalized spacial score (nSPS) is 15.0. The van der Waals surface area contributed by atoms with E-state index in [-0.39, 0.29) is 0 Å². The van der Waals surface area contributed by atoms with E-state index in [1.165, 1.54) is 6.07 Å². The number of rotatable bonds is 3. The number of benzene rings is 2. The second-order valence-electron chi connectivity index (χ2n) is 5.42. The molecule has 24 heavy (non-hydrogen) atoms. The van der Waals surface area contributed by atoms with Gasteiger partial charge in [-0.3, -0.25) is 0 Å². The second kappa shape index (κ2) is 7.24. The lowest BCUT2D eigenvalue weighted by atomic mass is 9.90. The number of fused-ring (bicyclic) bond motifs is 1. The lowest BCUT2D eigenvalue weighted by Crippen LogP contribution is -2.13. The van der Waals surface area contributed by atoms with Crippen molar-refractivity contribution >= 4 is 34.9 Å². The van der Waals surface area contributed by atoms with Gasteiger partial charge in [-0.2, -0.15) is 0 Å². The Labute approximate surface area is 150 Å². The fourth-order valence-electron chi connectivity index (χ4n) is 2.63. The molecule has 6 heteroatoms. The number of nitrogens with zero attached hydrogens (tertiary/aromatic N) is 1. The number of halogens is 2. The van der Waals surface area contributed by atoms with Crippen LogP contribution in [0.4, 0.5) is 0 Å². The predicted octanol–water partition coefficient (Wildman–Crippen LogP) is 4.90. The first-order valence-electron chi connectivity index (χ1n) is 7.49. The van der Waals surface area contributed by atoms with Crippen molar-refractivity contribution in [1.29, 1.82) is 0 Å². The molecule has 0 aliphatic heterocycles. The molecule has 0 atom stereocenters. The summed E-state index contributed by atoms with van der Waals surface area (Å²) in [5.74, 6) is 0.240. The number of methoxy groups -OCH3 is 1. The Kier molecular flexibility index (Phi) is 5.07. The van der Waals surface area contributed by atoms with E-state index in [2.05, 4.69) is 5.16 Å². The molecule has 0 saturated carbocycles. The summed E-state index contributed by atoms with van der Waals surface area (Å²) in [5.41, 5.74) is 3.20. The van der Waals surface area contributed by atoms with Gasteiger partial charge in [0, 0.05) is 5.56 Å². The van der Waals surface area contributed by atoms with Crippen molar-refractivity contribution in [3.05, 3.63) is 63.1 Å². The molecular weight excluding hydrogens is 349 g/mol. The molecule has 0 heterocycles. The molecule has 2 aromatic rings. The lowest BCUT2D eigenvalue weighted by Gasteiger charge is -2.17. The molecule has 3 rings (SSSR count). The standard InChI is InChI=1S/C18H15Cl2NO3/c1-23-13-6-7-14-11(9-13)3-2-4-17(14)21-24-18(22)12-5-8-15(19)16(20)10-12/h5-10H,2-4H2,1H3/b21-17+. The van der Waals surface area contributed by atoms with Crippen LogP contribution in [0.1, 0.15) is 34.3 Å². The van der Waals surface area contributed by atoms with E-state index in [4.69, 9.17) is 32.8 Å². The zero-order chi connectivity index (χ0) is 17.1. The Morgan fingerprint density at radius 2 is 1.92 bits per heavy atom. The van der Waals surface area contributed by atoms with Crippen LogP contribution in [0.5, 0.6) is 5.75 Å². The summed E-state index contributed by atoms with van der Waals surface area (Å²) in [4.78, 5) is 17.2. The average molecular weight is 364 g/mol. The topological polar surface area (TPSA) is 47.9 Å². The van der Waals surface area contributed by atoms with Crippen LogP contribution in [0.3, 0.4) is 0 Å². The molecule has 1 aliphatic rings. The predicted molar refractivity (Wildman–Crippen MR) is 94.3 cm³/mol. The highest BCUT2D eigenvalue weighted by Crippen LogP contribution is 2.26. The average Bonchev–Trinajstić information content (AvgIpc) is 2.61. The molecular formula is C18H15Cl2NO3. The maximum atomic E-state index is 12.1. The minimum Gasteiger partial charge on any atom is -0.497 e. The fraction of sp³-hybridized carbons (Fsp3) is 0.222. The van der Waals surface area contributed by atoms with Crippen LogP contribution in [0, 0.1) is 0 Å². The van der Waals surface area contributed by atoms with Crippen molar-refractivity contribution in [2.45, 2.75) is 19.3 Å². The number of carbonyl (C=O) groups excluding carboxylic acids is 1. The molecule has 0 spiro atoms. The molecule has 0 unspecified atom stereocenters. The van der Waals surface area contributed by atoms with Crippen LogP contribution in [0.25, 0.3) is 0 Å². The molecule has 0 amide bonds. The first kappa shape index (κ1) is 16.8. The molecule has 0 fully saturated rings. The highest BCUT2D eigenvalue weighted by molar-refractivity contribution is 6.42. The maximum absolute atomic E-state index is 12.1. The SMILES string of the molecule is COc1ccc2c(c1)CCC/C2=N\OC(=O)c1ccc(Cl)c(Cl)c1. The Hall–Kier alpha value is -2.04. The zero-order valence-electron chi connectivity index (χ0n) is 13.0. The summed E-state index contributed by atoms with van der Waals surface area (Å²) < 4.78 is 5.24. The van der Waals surface area contributed by atoms with Crippen molar-refractivity contribution < 1.29 is 14.4 Å². The lowest BCUT2D eigenvalue weighted by molar-refractivity contribution is 0.0515. The van der Waals surface area contributed by atoms with Gasteiger partial charge >= 0.3 is 5.97 Å². The minimum absolute atomic E-state index is 0.300. The van der Waals surface area contributed by atoms with Gasteiger partial charge in [-0.25, -0.2) is 4.79 Å². The number of hydrogen-bond acceptors (Lipinski definition) is 4. The Morgan fingerprint density at radius 3 is 2.67 bits per heavy atom. The van der Waals surface area contributed by atoms with Crippen LogP contribution in [-0.2, 0) is 11.3 Å². The fourth-order valence-corrected chi connectivity index (χ4v) is 2.93. The third-order valence-corrected chi connectivity index (χ3v) is 4.62. The summed E-state index contributed by atoms with van der Waals surface area (Å²) in [6, 6.07) is 10.4. The van der Waals surface area contributed by atoms with Gasteiger partial charge in [0.15, 0.2) is 0 Å². The van der Waals surface area contributed by atoms with Crippen LogP contribution in [0.2, 0.25) is 10.0 Å². The van der Waals surface area contributed by atoms with Crippen molar-refractivity contribution in [1.82, 2.24) is 0 Å². The van der Waals surface area contributed by atoms with Crippen molar-refractivity contribution in [2.75, 3.05) is 7.11 Å². The molecule has 0 bridgehead atoms. The van der Waals surface area contributed by atoms with E-state index in [0.717, 1.165) is 41.9 Å². The van der Waals surface area contributed by atoms with E-state index in [1.54, 1.807) is 19.2 Å². The van der Waals surface area contributed by atoms with Crippen molar-refractivity contribution in [2.24, 2.45) is 5.16 Å². The number of carbonyl (C=O) groups is 1. The monoisotopic (exact) mass is 363 g/mol. The number of oxime groups is 1. The van der Waals surface area contributed by atoms with Crippen LogP contribution in [0.15, 0.2) is 41.6 Å². The van der Waals surface area contributed by atoms with E-state index >= 15 is 0 Å². The van der Waals surface area contributed by atoms with Gasteiger partial charge in [-0.05, 0) is 61.2 Å². The van der Waals surface area contributed by atoms with Crippen molar-refractivity contribution in [3.63, 3.8) is 0 Å². The molecule has 124 valence electrons. The van der Waals surface area contributed by atoms with Crippen molar-refractivity contribution in [3.8, 4) is 5.75 Å². The highest BCUT2D eigenvalue weighted by Gasteiger charge is 2.18. The van der Waals surface area contributed by atoms with Gasteiger partial charge in [-0.1, -0.05) is 28.4 Å². The number of hydrogen-bond donors (Lipinski definition) is 0. The Bertz CT molecular complexity index is 818. The smallest absolute Gasteiger partial charge is 0.365 e. The summed E-state index contributed by atoms with van der Waals surface area (Å²) >= 11 is 11.8. The second-order valence-corrected chi connectivity index (χ2v) is 6.24. The third-order valence-electron chi connectivity index (χ3n) is 3.88. The summed E-state index contributed by atoms with van der Waals surface area (Å²) in [6.07, 6.45) is 2.66. The summed E-state index contributed by atoms with van der Waals surface area (Å²) in [7, 11) is 1.64. The quantitative estimate of drug-likeness (QED) is 0.575. The molecule has 0 aromatic heterocycles. The van der Waals surface area contributed by atoms with Gasteiger partial charge < -0.3 is 9.57 Å². The molecule has 4 nitrogen and oxygen atoms in total.